The summed E-state index contributed by atoms with van der Waals surface area (Å²) >= 11 is 5.93. The van der Waals surface area contributed by atoms with Gasteiger partial charge in [0.15, 0.2) is 11.5 Å². The minimum absolute atomic E-state index is 0.101. The third-order valence-electron chi connectivity index (χ3n) is 4.35. The first-order valence-corrected chi connectivity index (χ1v) is 9.63. The molecular formula is C23H20ClN3O4. The number of phenols is 1. The maximum atomic E-state index is 12.4. The molecule has 0 spiro atoms. The van der Waals surface area contributed by atoms with Gasteiger partial charge in [0.2, 0.25) is 0 Å². The smallest absolute Gasteiger partial charge is 0.271 e. The molecule has 3 aromatic rings. The number of aromatic hydroxyl groups is 1. The number of benzene rings is 3. The van der Waals surface area contributed by atoms with Crippen molar-refractivity contribution in [1.82, 2.24) is 5.43 Å². The Morgan fingerprint density at radius 3 is 2.48 bits per heavy atom. The SMILES string of the molecule is COc1cc(/C=N/NC(=O)c2cccc(NC(=O)c3ccc(C)cc3)c2)cc(Cl)c1O. The number of hydrazone groups is 1. The number of anilines is 1. The molecule has 0 radical (unpaired) electrons. The van der Waals surface area contributed by atoms with Crippen LogP contribution in [-0.4, -0.2) is 30.2 Å². The van der Waals surface area contributed by atoms with Crippen molar-refractivity contribution < 1.29 is 19.4 Å². The molecule has 0 fully saturated rings. The van der Waals surface area contributed by atoms with Gasteiger partial charge in [-0.25, -0.2) is 5.43 Å². The molecule has 0 aliphatic carbocycles. The highest BCUT2D eigenvalue weighted by Crippen LogP contribution is 2.34. The van der Waals surface area contributed by atoms with Crippen LogP contribution in [-0.2, 0) is 0 Å². The summed E-state index contributed by atoms with van der Waals surface area (Å²) in [6.07, 6.45) is 1.37. The van der Waals surface area contributed by atoms with E-state index in [-0.39, 0.29) is 22.4 Å². The molecule has 3 aromatic carbocycles. The zero-order chi connectivity index (χ0) is 22.4. The molecule has 31 heavy (non-hydrogen) atoms. The Morgan fingerprint density at radius 2 is 1.77 bits per heavy atom. The molecule has 3 rings (SSSR count). The Balaban J connectivity index is 1.66. The molecule has 8 heteroatoms. The number of phenolic OH excluding ortho intramolecular Hbond substituents is 1. The van der Waals surface area contributed by atoms with E-state index >= 15 is 0 Å². The van der Waals surface area contributed by atoms with Gasteiger partial charge < -0.3 is 15.2 Å². The summed E-state index contributed by atoms with van der Waals surface area (Å²) in [4.78, 5) is 24.8. The van der Waals surface area contributed by atoms with E-state index in [0.29, 0.717) is 22.4 Å². The van der Waals surface area contributed by atoms with E-state index in [1.165, 1.54) is 25.5 Å². The van der Waals surface area contributed by atoms with Crippen molar-refractivity contribution in [3.8, 4) is 11.5 Å². The molecule has 0 aliphatic rings. The monoisotopic (exact) mass is 437 g/mol. The standard InChI is InChI=1S/C23H20ClN3O4/c1-14-6-8-16(9-7-14)22(29)26-18-5-3-4-17(12-18)23(30)27-25-13-15-10-19(24)21(28)20(11-15)31-2/h3-13,28H,1-2H3,(H,26,29)(H,27,30)/b25-13+. The Hall–Kier alpha value is -3.84. The zero-order valence-corrected chi connectivity index (χ0v) is 17.6. The first-order chi connectivity index (χ1) is 14.9. The van der Waals surface area contributed by atoms with Gasteiger partial charge in [0, 0.05) is 16.8 Å². The van der Waals surface area contributed by atoms with Gasteiger partial charge in [-0.1, -0.05) is 35.4 Å². The number of amides is 2. The number of hydrogen-bond donors (Lipinski definition) is 3. The Morgan fingerprint density at radius 1 is 1.03 bits per heavy atom. The van der Waals surface area contributed by atoms with Crippen LogP contribution in [0.4, 0.5) is 5.69 Å². The van der Waals surface area contributed by atoms with Gasteiger partial charge >= 0.3 is 0 Å². The van der Waals surface area contributed by atoms with Crippen molar-refractivity contribution in [2.24, 2.45) is 5.10 Å². The molecule has 0 saturated heterocycles. The van der Waals surface area contributed by atoms with E-state index in [4.69, 9.17) is 16.3 Å². The average Bonchev–Trinajstić information content (AvgIpc) is 2.76. The highest BCUT2D eigenvalue weighted by atomic mass is 35.5. The van der Waals surface area contributed by atoms with Crippen LogP contribution in [0.2, 0.25) is 5.02 Å². The molecule has 0 unspecified atom stereocenters. The van der Waals surface area contributed by atoms with Crippen molar-refractivity contribution in [2.45, 2.75) is 6.92 Å². The molecule has 0 aromatic heterocycles. The Kier molecular flexibility index (Phi) is 6.89. The minimum atomic E-state index is -0.459. The third-order valence-corrected chi connectivity index (χ3v) is 4.63. The van der Waals surface area contributed by atoms with Crippen molar-refractivity contribution in [3.05, 3.63) is 87.9 Å². The molecular weight excluding hydrogens is 418 g/mol. The largest absolute Gasteiger partial charge is 0.503 e. The second-order valence-corrected chi connectivity index (χ2v) is 7.06. The summed E-state index contributed by atoms with van der Waals surface area (Å²) in [7, 11) is 1.40. The van der Waals surface area contributed by atoms with Crippen LogP contribution >= 0.6 is 11.6 Å². The molecule has 7 nitrogen and oxygen atoms in total. The van der Waals surface area contributed by atoms with Crippen LogP contribution in [0.5, 0.6) is 11.5 Å². The fourth-order valence-corrected chi connectivity index (χ4v) is 2.92. The number of carbonyl (C=O) groups excluding carboxylic acids is 2. The van der Waals surface area contributed by atoms with Crippen LogP contribution < -0.4 is 15.5 Å². The van der Waals surface area contributed by atoms with Gasteiger partial charge in [-0.05, 0) is 55.0 Å². The lowest BCUT2D eigenvalue weighted by Gasteiger charge is -2.08. The summed E-state index contributed by atoms with van der Waals surface area (Å²) in [6, 6.07) is 16.7. The molecule has 0 aliphatic heterocycles. The lowest BCUT2D eigenvalue weighted by molar-refractivity contribution is 0.0953. The highest BCUT2D eigenvalue weighted by Gasteiger charge is 2.10. The molecule has 0 atom stereocenters. The van der Waals surface area contributed by atoms with Crippen LogP contribution in [0.25, 0.3) is 0 Å². The number of aryl methyl sites for hydroxylation is 1. The number of nitrogens with one attached hydrogen (secondary N) is 2. The van der Waals surface area contributed by atoms with Gasteiger partial charge in [0.05, 0.1) is 18.3 Å². The van der Waals surface area contributed by atoms with Crippen molar-refractivity contribution in [3.63, 3.8) is 0 Å². The maximum Gasteiger partial charge on any atom is 0.271 e. The lowest BCUT2D eigenvalue weighted by atomic mass is 10.1. The Bertz CT molecular complexity index is 1140. The van der Waals surface area contributed by atoms with Gasteiger partial charge in [-0.3, -0.25) is 9.59 Å². The predicted octanol–water partition coefficient (Wildman–Crippen LogP) is 4.38. The van der Waals surface area contributed by atoms with E-state index in [1.54, 1.807) is 36.4 Å². The molecule has 3 N–H and O–H groups in total. The summed E-state index contributed by atoms with van der Waals surface area (Å²) in [5.41, 5.74) is 5.32. The van der Waals surface area contributed by atoms with Crippen LogP contribution in [0.1, 0.15) is 31.8 Å². The first-order valence-electron chi connectivity index (χ1n) is 9.25. The minimum Gasteiger partial charge on any atom is -0.503 e. The van der Waals surface area contributed by atoms with Crippen LogP contribution in [0.15, 0.2) is 65.8 Å². The third kappa shape index (κ3) is 5.61. The van der Waals surface area contributed by atoms with E-state index < -0.39 is 5.91 Å². The second kappa shape index (κ2) is 9.77. The topological polar surface area (TPSA) is 100 Å². The van der Waals surface area contributed by atoms with E-state index in [9.17, 15) is 14.7 Å². The molecule has 0 saturated carbocycles. The number of rotatable bonds is 6. The maximum absolute atomic E-state index is 12.4. The number of nitrogens with zero attached hydrogens (tertiary/aromatic N) is 1. The van der Waals surface area contributed by atoms with Crippen molar-refractivity contribution >= 4 is 35.3 Å². The van der Waals surface area contributed by atoms with Crippen molar-refractivity contribution in [2.75, 3.05) is 12.4 Å². The van der Waals surface area contributed by atoms with Crippen LogP contribution in [0.3, 0.4) is 0 Å². The van der Waals surface area contributed by atoms with Crippen molar-refractivity contribution in [1.29, 1.82) is 0 Å². The second-order valence-electron chi connectivity index (χ2n) is 6.65. The predicted molar refractivity (Wildman–Crippen MR) is 120 cm³/mol. The summed E-state index contributed by atoms with van der Waals surface area (Å²) < 4.78 is 5.03. The normalized spacial score (nSPS) is 10.7. The lowest BCUT2D eigenvalue weighted by Crippen LogP contribution is -2.18. The van der Waals surface area contributed by atoms with Gasteiger partial charge in [0.1, 0.15) is 0 Å². The quantitative estimate of drug-likeness (QED) is 0.393. The van der Waals surface area contributed by atoms with Gasteiger partial charge in [-0.15, -0.1) is 0 Å². The average molecular weight is 438 g/mol. The molecule has 158 valence electrons. The highest BCUT2D eigenvalue weighted by molar-refractivity contribution is 6.32. The summed E-state index contributed by atoms with van der Waals surface area (Å²) in [6.45, 7) is 1.94. The summed E-state index contributed by atoms with van der Waals surface area (Å²) in [5, 5.41) is 16.5. The van der Waals surface area contributed by atoms with E-state index in [2.05, 4.69) is 15.8 Å². The number of carbonyl (C=O) groups is 2. The molecule has 0 heterocycles. The van der Waals surface area contributed by atoms with E-state index in [0.717, 1.165) is 5.56 Å². The van der Waals surface area contributed by atoms with Gasteiger partial charge in [0.25, 0.3) is 11.8 Å². The Labute approximate surface area is 184 Å². The number of halogens is 1. The summed E-state index contributed by atoms with van der Waals surface area (Å²) in [5.74, 6) is -0.708. The number of ether oxygens (including phenoxy) is 1. The molecule has 2 amide bonds. The van der Waals surface area contributed by atoms with Gasteiger partial charge in [-0.2, -0.15) is 5.10 Å². The number of hydrogen-bond acceptors (Lipinski definition) is 5. The first kappa shape index (κ1) is 21.9. The van der Waals surface area contributed by atoms with Crippen LogP contribution in [0, 0.1) is 6.92 Å². The molecule has 0 bridgehead atoms. The van der Waals surface area contributed by atoms with E-state index in [1.807, 2.05) is 19.1 Å². The fourth-order valence-electron chi connectivity index (χ4n) is 2.70. The number of methoxy groups -OCH3 is 1. The fraction of sp³-hybridized carbons (Fsp3) is 0.0870. The zero-order valence-electron chi connectivity index (χ0n) is 16.8.